The van der Waals surface area contributed by atoms with Gasteiger partial charge in [0, 0.05) is 17.9 Å². The maximum atomic E-state index is 12.3. The van der Waals surface area contributed by atoms with Crippen LogP contribution in [0.4, 0.5) is 5.69 Å². The van der Waals surface area contributed by atoms with Crippen LogP contribution in [0.25, 0.3) is 0 Å². The van der Waals surface area contributed by atoms with E-state index in [4.69, 9.17) is 0 Å². The zero-order valence-corrected chi connectivity index (χ0v) is 9.55. The summed E-state index contributed by atoms with van der Waals surface area (Å²) < 4.78 is 0. The van der Waals surface area contributed by atoms with Crippen molar-refractivity contribution in [2.24, 2.45) is 0 Å². The van der Waals surface area contributed by atoms with E-state index in [-0.39, 0.29) is 11.9 Å². The van der Waals surface area contributed by atoms with Crippen LogP contribution in [0.15, 0.2) is 36.5 Å². The minimum Gasteiger partial charge on any atom is -0.304 e. The van der Waals surface area contributed by atoms with E-state index in [1.807, 2.05) is 23.1 Å². The molecule has 17 heavy (non-hydrogen) atoms. The molecule has 0 fully saturated rings. The maximum Gasteiger partial charge on any atom is 0.276 e. The Hall–Kier alpha value is -2.10. The van der Waals surface area contributed by atoms with Crippen LogP contribution in [0.5, 0.6) is 0 Å². The van der Waals surface area contributed by atoms with Gasteiger partial charge in [0.1, 0.15) is 5.69 Å². The van der Waals surface area contributed by atoms with Crippen LogP contribution in [0.1, 0.15) is 23.0 Å². The lowest BCUT2D eigenvalue weighted by atomic mass is 10.1. The van der Waals surface area contributed by atoms with E-state index in [1.54, 1.807) is 12.3 Å². The molecule has 0 spiro atoms. The number of aromatic amines is 1. The standard InChI is InChI=1S/C13H13N3O/c1-9-8-10-4-2-3-5-12(10)16(9)13(17)11-6-7-14-15-11/h2-7,9H,8H2,1H3,(H,14,15). The Balaban J connectivity index is 2.01. The van der Waals surface area contributed by atoms with E-state index in [0.29, 0.717) is 5.69 Å². The highest BCUT2D eigenvalue weighted by molar-refractivity contribution is 6.06. The topological polar surface area (TPSA) is 49.0 Å². The van der Waals surface area contributed by atoms with Crippen molar-refractivity contribution in [2.45, 2.75) is 19.4 Å². The van der Waals surface area contributed by atoms with Gasteiger partial charge in [-0.25, -0.2) is 0 Å². The number of nitrogens with zero attached hydrogens (tertiary/aromatic N) is 2. The number of fused-ring (bicyclic) bond motifs is 1. The van der Waals surface area contributed by atoms with E-state index in [2.05, 4.69) is 23.2 Å². The van der Waals surface area contributed by atoms with Crippen LogP contribution in [0.2, 0.25) is 0 Å². The third kappa shape index (κ3) is 1.53. The molecule has 2 heterocycles. The largest absolute Gasteiger partial charge is 0.304 e. The first-order valence-corrected chi connectivity index (χ1v) is 5.68. The fourth-order valence-electron chi connectivity index (χ4n) is 2.38. The smallest absolute Gasteiger partial charge is 0.276 e. The normalized spacial score (nSPS) is 18.2. The molecule has 1 aromatic carbocycles. The van der Waals surface area contributed by atoms with Crippen LogP contribution in [-0.4, -0.2) is 22.1 Å². The van der Waals surface area contributed by atoms with E-state index < -0.39 is 0 Å². The summed E-state index contributed by atoms with van der Waals surface area (Å²) in [4.78, 5) is 14.2. The Labute approximate surface area is 99.3 Å². The highest BCUT2D eigenvalue weighted by Gasteiger charge is 2.31. The molecule has 1 atom stereocenters. The van der Waals surface area contributed by atoms with Gasteiger partial charge in [-0.1, -0.05) is 18.2 Å². The number of anilines is 1. The van der Waals surface area contributed by atoms with Crippen LogP contribution >= 0.6 is 0 Å². The molecule has 1 aliphatic rings. The van der Waals surface area contributed by atoms with Gasteiger partial charge in [0.15, 0.2) is 0 Å². The van der Waals surface area contributed by atoms with Crippen molar-refractivity contribution in [3.8, 4) is 0 Å². The molecule has 1 unspecified atom stereocenters. The van der Waals surface area contributed by atoms with Crippen LogP contribution in [-0.2, 0) is 6.42 Å². The van der Waals surface area contributed by atoms with E-state index in [1.165, 1.54) is 5.56 Å². The highest BCUT2D eigenvalue weighted by Crippen LogP contribution is 2.32. The van der Waals surface area contributed by atoms with Crippen molar-refractivity contribution in [3.63, 3.8) is 0 Å². The first-order chi connectivity index (χ1) is 8.27. The summed E-state index contributed by atoms with van der Waals surface area (Å²) >= 11 is 0. The molecule has 1 aliphatic heterocycles. The average Bonchev–Trinajstić information content (AvgIpc) is 2.94. The quantitative estimate of drug-likeness (QED) is 0.810. The molecule has 0 aliphatic carbocycles. The minimum absolute atomic E-state index is 0.0139. The van der Waals surface area contributed by atoms with Crippen molar-refractivity contribution in [1.29, 1.82) is 0 Å². The molecule has 4 nitrogen and oxygen atoms in total. The number of aromatic nitrogens is 2. The third-order valence-corrected chi connectivity index (χ3v) is 3.16. The SMILES string of the molecule is CC1Cc2ccccc2N1C(=O)c1ccn[nH]1. The fraction of sp³-hybridized carbons (Fsp3) is 0.231. The van der Waals surface area contributed by atoms with Crippen molar-refractivity contribution < 1.29 is 4.79 Å². The number of para-hydroxylation sites is 1. The Morgan fingerprint density at radius 1 is 1.41 bits per heavy atom. The zero-order chi connectivity index (χ0) is 11.8. The number of carbonyl (C=O) groups is 1. The van der Waals surface area contributed by atoms with Gasteiger partial charge in [-0.05, 0) is 31.0 Å². The number of hydrogen-bond acceptors (Lipinski definition) is 2. The fourth-order valence-corrected chi connectivity index (χ4v) is 2.38. The highest BCUT2D eigenvalue weighted by atomic mass is 16.2. The van der Waals surface area contributed by atoms with Gasteiger partial charge in [-0.2, -0.15) is 5.10 Å². The predicted molar refractivity (Wildman–Crippen MR) is 65.0 cm³/mol. The van der Waals surface area contributed by atoms with Gasteiger partial charge in [-0.3, -0.25) is 9.89 Å². The van der Waals surface area contributed by atoms with E-state index >= 15 is 0 Å². The Morgan fingerprint density at radius 2 is 2.24 bits per heavy atom. The van der Waals surface area contributed by atoms with Crippen molar-refractivity contribution in [2.75, 3.05) is 4.90 Å². The molecule has 1 aromatic heterocycles. The number of benzene rings is 1. The van der Waals surface area contributed by atoms with Crippen LogP contribution in [0.3, 0.4) is 0 Å². The zero-order valence-electron chi connectivity index (χ0n) is 9.55. The van der Waals surface area contributed by atoms with E-state index in [0.717, 1.165) is 12.1 Å². The lowest BCUT2D eigenvalue weighted by molar-refractivity contribution is 0.0976. The van der Waals surface area contributed by atoms with Gasteiger partial charge in [-0.15, -0.1) is 0 Å². The summed E-state index contributed by atoms with van der Waals surface area (Å²) in [6.45, 7) is 2.06. The van der Waals surface area contributed by atoms with Gasteiger partial charge < -0.3 is 4.90 Å². The molecular weight excluding hydrogens is 214 g/mol. The lowest BCUT2D eigenvalue weighted by Crippen LogP contribution is -2.35. The number of rotatable bonds is 1. The second-order valence-corrected chi connectivity index (χ2v) is 4.33. The molecule has 2 aromatic rings. The van der Waals surface area contributed by atoms with Crippen LogP contribution < -0.4 is 4.90 Å². The van der Waals surface area contributed by atoms with Crippen molar-refractivity contribution in [3.05, 3.63) is 47.8 Å². The molecular formula is C13H13N3O. The lowest BCUT2D eigenvalue weighted by Gasteiger charge is -2.21. The van der Waals surface area contributed by atoms with E-state index in [9.17, 15) is 4.79 Å². The maximum absolute atomic E-state index is 12.3. The second-order valence-electron chi connectivity index (χ2n) is 4.33. The summed E-state index contributed by atoms with van der Waals surface area (Å²) in [6, 6.07) is 9.94. The predicted octanol–water partition coefficient (Wildman–Crippen LogP) is 2.00. The van der Waals surface area contributed by atoms with Gasteiger partial charge in [0.25, 0.3) is 5.91 Å². The number of hydrogen-bond donors (Lipinski definition) is 1. The first-order valence-electron chi connectivity index (χ1n) is 5.68. The Kier molecular flexibility index (Phi) is 2.21. The first kappa shape index (κ1) is 10.1. The Morgan fingerprint density at radius 3 is 3.00 bits per heavy atom. The van der Waals surface area contributed by atoms with Gasteiger partial charge >= 0.3 is 0 Å². The molecule has 1 amide bonds. The van der Waals surface area contributed by atoms with Gasteiger partial charge in [0.05, 0.1) is 0 Å². The summed E-state index contributed by atoms with van der Waals surface area (Å²) in [5.74, 6) is -0.0139. The van der Waals surface area contributed by atoms with Gasteiger partial charge in [0.2, 0.25) is 0 Å². The molecule has 0 bridgehead atoms. The summed E-state index contributed by atoms with van der Waals surface area (Å²) in [5, 5.41) is 6.55. The molecule has 3 rings (SSSR count). The molecule has 0 saturated carbocycles. The molecule has 0 saturated heterocycles. The average molecular weight is 227 g/mol. The number of amides is 1. The Bertz CT molecular complexity index is 548. The van der Waals surface area contributed by atoms with Crippen LogP contribution in [0, 0.1) is 0 Å². The molecule has 86 valence electrons. The second kappa shape index (κ2) is 3.73. The molecule has 0 radical (unpaired) electrons. The number of carbonyl (C=O) groups excluding carboxylic acids is 1. The van der Waals surface area contributed by atoms with Crippen molar-refractivity contribution >= 4 is 11.6 Å². The number of nitrogens with one attached hydrogen (secondary N) is 1. The third-order valence-electron chi connectivity index (χ3n) is 3.16. The summed E-state index contributed by atoms with van der Waals surface area (Å²) in [5.41, 5.74) is 2.78. The summed E-state index contributed by atoms with van der Waals surface area (Å²) in [6.07, 6.45) is 2.51. The molecule has 1 N–H and O–H groups in total. The van der Waals surface area contributed by atoms with Crippen molar-refractivity contribution in [1.82, 2.24) is 10.2 Å². The monoisotopic (exact) mass is 227 g/mol. The molecule has 4 heteroatoms. The number of H-pyrrole nitrogens is 1. The minimum atomic E-state index is -0.0139. The summed E-state index contributed by atoms with van der Waals surface area (Å²) in [7, 11) is 0.